The summed E-state index contributed by atoms with van der Waals surface area (Å²) in [5.74, 6) is 0.927. The second-order valence-corrected chi connectivity index (χ2v) is 6.92. The molecular formula is C20H30O6. The number of ketones is 1. The minimum absolute atomic E-state index is 0.0411. The third kappa shape index (κ3) is 7.28. The molecule has 0 heterocycles. The van der Waals surface area contributed by atoms with Gasteiger partial charge in [0, 0.05) is 31.3 Å². The first-order chi connectivity index (χ1) is 12.3. The third-order valence-electron chi connectivity index (χ3n) is 4.76. The highest BCUT2D eigenvalue weighted by Crippen LogP contribution is 2.34. The zero-order valence-corrected chi connectivity index (χ0v) is 15.4. The van der Waals surface area contributed by atoms with Crippen LogP contribution in [-0.4, -0.2) is 52.0 Å². The average Bonchev–Trinajstić information content (AvgIpc) is 2.84. The number of Topliss-reactive ketones (excluding diaryl/α,β-unsaturated/α-hetero) is 1. The summed E-state index contributed by atoms with van der Waals surface area (Å²) in [5.41, 5.74) is -1.18. The molecule has 1 aliphatic rings. The van der Waals surface area contributed by atoms with E-state index in [1.807, 2.05) is 6.92 Å². The molecule has 1 unspecified atom stereocenters. The van der Waals surface area contributed by atoms with Gasteiger partial charge >= 0.3 is 5.97 Å². The highest BCUT2D eigenvalue weighted by Gasteiger charge is 2.39. The monoisotopic (exact) mass is 366 g/mol. The summed E-state index contributed by atoms with van der Waals surface area (Å²) in [6.07, 6.45) is 12.0. The Hall–Kier alpha value is -1.68. The fourth-order valence-electron chi connectivity index (χ4n) is 3.39. The lowest BCUT2D eigenvalue weighted by Gasteiger charge is -2.21. The summed E-state index contributed by atoms with van der Waals surface area (Å²) in [7, 11) is 0. The number of hydrogen-bond acceptors (Lipinski definition) is 5. The van der Waals surface area contributed by atoms with Crippen molar-refractivity contribution in [2.75, 3.05) is 13.2 Å². The van der Waals surface area contributed by atoms with Gasteiger partial charge in [0.1, 0.15) is 18.0 Å². The van der Waals surface area contributed by atoms with Gasteiger partial charge in [0.15, 0.2) is 0 Å². The van der Waals surface area contributed by atoms with E-state index >= 15 is 0 Å². The SMILES string of the molecule is C#CC(O)(CC=C[C@H]1[C@H](O)CC(=O)[C@@H]1CCCCOCC(=O)O)CCC. The van der Waals surface area contributed by atoms with Crippen molar-refractivity contribution < 1.29 is 29.6 Å². The Bertz CT molecular complexity index is 535. The van der Waals surface area contributed by atoms with Gasteiger partial charge in [0.25, 0.3) is 0 Å². The van der Waals surface area contributed by atoms with Crippen LogP contribution < -0.4 is 0 Å². The van der Waals surface area contributed by atoms with Crippen LogP contribution in [0.4, 0.5) is 0 Å². The smallest absolute Gasteiger partial charge is 0.329 e. The molecule has 6 nitrogen and oxygen atoms in total. The van der Waals surface area contributed by atoms with Gasteiger partial charge in [-0.05, 0) is 19.3 Å². The molecule has 3 N–H and O–H groups in total. The Morgan fingerprint density at radius 2 is 2.19 bits per heavy atom. The molecule has 0 radical (unpaired) electrons. The number of aliphatic carboxylic acids is 1. The number of rotatable bonds is 12. The number of terminal acetylenes is 1. The molecule has 6 heteroatoms. The van der Waals surface area contributed by atoms with Gasteiger partial charge in [-0.25, -0.2) is 4.79 Å². The maximum atomic E-state index is 12.1. The first kappa shape index (κ1) is 22.4. The van der Waals surface area contributed by atoms with Crippen molar-refractivity contribution in [2.24, 2.45) is 11.8 Å². The largest absolute Gasteiger partial charge is 0.480 e. The number of carbonyl (C=O) groups excluding carboxylic acids is 1. The van der Waals surface area contributed by atoms with Crippen LogP contribution >= 0.6 is 0 Å². The Kier molecular flexibility index (Phi) is 9.57. The first-order valence-corrected chi connectivity index (χ1v) is 9.20. The lowest BCUT2D eigenvalue weighted by atomic mass is 9.88. The lowest BCUT2D eigenvalue weighted by Crippen LogP contribution is -2.25. The molecule has 0 aromatic carbocycles. The van der Waals surface area contributed by atoms with E-state index in [2.05, 4.69) is 5.92 Å². The molecule has 0 aliphatic heterocycles. The van der Waals surface area contributed by atoms with Gasteiger partial charge in [-0.1, -0.05) is 37.8 Å². The minimum Gasteiger partial charge on any atom is -0.480 e. The molecule has 4 atom stereocenters. The van der Waals surface area contributed by atoms with Gasteiger partial charge in [0.05, 0.1) is 6.10 Å². The molecule has 0 bridgehead atoms. The van der Waals surface area contributed by atoms with E-state index in [0.717, 1.165) is 12.8 Å². The maximum absolute atomic E-state index is 12.1. The lowest BCUT2D eigenvalue weighted by molar-refractivity contribution is -0.142. The number of carboxylic acid groups (broad SMARTS) is 1. The predicted molar refractivity (Wildman–Crippen MR) is 97.4 cm³/mol. The van der Waals surface area contributed by atoms with E-state index in [0.29, 0.717) is 32.3 Å². The van der Waals surface area contributed by atoms with Gasteiger partial charge in [0.2, 0.25) is 0 Å². The molecule has 1 saturated carbocycles. The maximum Gasteiger partial charge on any atom is 0.329 e. The van der Waals surface area contributed by atoms with Gasteiger partial charge in [-0.15, -0.1) is 6.42 Å². The van der Waals surface area contributed by atoms with E-state index in [1.165, 1.54) is 0 Å². The van der Waals surface area contributed by atoms with Crippen LogP contribution in [-0.2, 0) is 14.3 Å². The van der Waals surface area contributed by atoms with Gasteiger partial charge in [-0.3, -0.25) is 4.79 Å². The second-order valence-electron chi connectivity index (χ2n) is 6.92. The van der Waals surface area contributed by atoms with Crippen molar-refractivity contribution in [2.45, 2.75) is 63.6 Å². The number of carbonyl (C=O) groups is 2. The molecule has 0 aromatic rings. The van der Waals surface area contributed by atoms with E-state index in [-0.39, 0.29) is 30.6 Å². The summed E-state index contributed by atoms with van der Waals surface area (Å²) >= 11 is 0. The predicted octanol–water partition coefficient (Wildman–Crippen LogP) is 1.93. The fraction of sp³-hybridized carbons (Fsp3) is 0.700. The van der Waals surface area contributed by atoms with Crippen LogP contribution in [0.5, 0.6) is 0 Å². The van der Waals surface area contributed by atoms with E-state index < -0.39 is 17.7 Å². The zero-order valence-electron chi connectivity index (χ0n) is 15.4. The Balaban J connectivity index is 2.51. The normalized spacial score (nSPS) is 25.3. The fourth-order valence-corrected chi connectivity index (χ4v) is 3.39. The first-order valence-electron chi connectivity index (χ1n) is 9.20. The summed E-state index contributed by atoms with van der Waals surface area (Å²) in [6.45, 7) is 1.96. The third-order valence-corrected chi connectivity index (χ3v) is 4.76. The molecule has 1 aliphatic carbocycles. The standard InChI is InChI=1S/C20H30O6/c1-3-10-20(25,4-2)11-7-9-16-15(17(21)13-18(16)22)8-5-6-12-26-14-19(23)24/h2,7,9,15-16,18,22,25H,3,5-6,8,10-14H2,1H3,(H,23,24)/t15-,16-,18-,20?/m1/s1. The van der Waals surface area contributed by atoms with Crippen LogP contribution in [0.25, 0.3) is 0 Å². The Morgan fingerprint density at radius 1 is 1.46 bits per heavy atom. The molecule has 1 rings (SSSR count). The van der Waals surface area contributed by atoms with Crippen molar-refractivity contribution in [1.82, 2.24) is 0 Å². The second kappa shape index (κ2) is 11.1. The number of carboxylic acids is 1. The van der Waals surface area contributed by atoms with Crippen molar-refractivity contribution in [1.29, 1.82) is 0 Å². The van der Waals surface area contributed by atoms with Crippen molar-refractivity contribution in [3.05, 3.63) is 12.2 Å². The van der Waals surface area contributed by atoms with Crippen LogP contribution in [0.3, 0.4) is 0 Å². The quantitative estimate of drug-likeness (QED) is 0.277. The van der Waals surface area contributed by atoms with Crippen LogP contribution in [0, 0.1) is 24.2 Å². The molecule has 0 saturated heterocycles. The molecule has 1 fully saturated rings. The topological polar surface area (TPSA) is 104 Å². The average molecular weight is 366 g/mol. The molecular weight excluding hydrogens is 336 g/mol. The van der Waals surface area contributed by atoms with Crippen molar-refractivity contribution >= 4 is 11.8 Å². The summed E-state index contributed by atoms with van der Waals surface area (Å²) in [5, 5.41) is 28.9. The summed E-state index contributed by atoms with van der Waals surface area (Å²) in [4.78, 5) is 22.5. The van der Waals surface area contributed by atoms with Crippen LogP contribution in [0.2, 0.25) is 0 Å². The number of aliphatic hydroxyl groups excluding tert-OH is 1. The van der Waals surface area contributed by atoms with E-state index in [1.54, 1.807) is 12.2 Å². The van der Waals surface area contributed by atoms with Crippen LogP contribution in [0.1, 0.15) is 51.9 Å². The molecule has 0 aromatic heterocycles. The Morgan fingerprint density at radius 3 is 2.81 bits per heavy atom. The highest BCUT2D eigenvalue weighted by atomic mass is 16.5. The van der Waals surface area contributed by atoms with Gasteiger partial charge in [-0.2, -0.15) is 0 Å². The Labute approximate surface area is 155 Å². The number of unbranched alkanes of at least 4 members (excludes halogenated alkanes) is 1. The minimum atomic E-state index is -1.18. The number of aliphatic hydroxyl groups is 2. The van der Waals surface area contributed by atoms with E-state index in [4.69, 9.17) is 16.3 Å². The highest BCUT2D eigenvalue weighted by molar-refractivity contribution is 5.84. The number of hydrogen-bond donors (Lipinski definition) is 3. The van der Waals surface area contributed by atoms with E-state index in [9.17, 15) is 19.8 Å². The summed E-state index contributed by atoms with van der Waals surface area (Å²) < 4.78 is 4.98. The molecule has 0 amide bonds. The van der Waals surface area contributed by atoms with Gasteiger partial charge < -0.3 is 20.1 Å². The molecule has 0 spiro atoms. The molecule has 26 heavy (non-hydrogen) atoms. The molecule has 146 valence electrons. The van der Waals surface area contributed by atoms with Crippen LogP contribution in [0.15, 0.2) is 12.2 Å². The number of ether oxygens (including phenoxy) is 1. The van der Waals surface area contributed by atoms with Crippen molar-refractivity contribution in [3.63, 3.8) is 0 Å². The van der Waals surface area contributed by atoms with Crippen molar-refractivity contribution in [3.8, 4) is 12.3 Å². The zero-order chi connectivity index (χ0) is 19.6. The summed E-state index contributed by atoms with van der Waals surface area (Å²) in [6, 6.07) is 0.